The Hall–Kier alpha value is -0.240. The lowest BCUT2D eigenvalue weighted by molar-refractivity contribution is -0.145. The van der Waals surface area contributed by atoms with Gasteiger partial charge in [0.15, 0.2) is 0 Å². The summed E-state index contributed by atoms with van der Waals surface area (Å²) in [4.78, 5) is 1.88. The first kappa shape index (κ1) is 23.8. The van der Waals surface area contributed by atoms with Crippen molar-refractivity contribution in [2.45, 2.75) is 95.5 Å². The van der Waals surface area contributed by atoms with E-state index in [9.17, 15) is 20.4 Å². The summed E-state index contributed by atoms with van der Waals surface area (Å²) in [7, 11) is 0. The molecule has 26 heavy (non-hydrogen) atoms. The maximum absolute atomic E-state index is 9.95. The highest BCUT2D eigenvalue weighted by molar-refractivity contribution is 4.93. The lowest BCUT2D eigenvalue weighted by Gasteiger charge is -2.43. The van der Waals surface area contributed by atoms with Crippen LogP contribution in [-0.4, -0.2) is 82.6 Å². The highest BCUT2D eigenvalue weighted by atomic mass is 16.5. The van der Waals surface area contributed by atoms with Crippen molar-refractivity contribution in [1.29, 1.82) is 0 Å². The number of hydrogen-bond donors (Lipinski definition) is 4. The summed E-state index contributed by atoms with van der Waals surface area (Å²) < 4.78 is 5.68. The molecule has 0 spiro atoms. The first-order valence-corrected chi connectivity index (χ1v) is 10.6. The molecule has 1 heterocycles. The fourth-order valence-corrected chi connectivity index (χ4v) is 3.59. The van der Waals surface area contributed by atoms with Crippen LogP contribution in [0, 0.1) is 0 Å². The van der Waals surface area contributed by atoms with E-state index in [1.165, 1.54) is 38.5 Å². The van der Waals surface area contributed by atoms with E-state index in [4.69, 9.17) is 4.74 Å². The molecular weight excluding hydrogens is 334 g/mol. The van der Waals surface area contributed by atoms with Crippen molar-refractivity contribution in [2.24, 2.45) is 0 Å². The monoisotopic (exact) mass is 375 g/mol. The average Bonchev–Trinajstić information content (AvgIpc) is 2.63. The molecule has 0 saturated carbocycles. The standard InChI is InChI=1S/C20H41NO5/c1-2-3-4-5-6-7-10-13-26-14-11-8-9-12-21-15-18(23)20(25)19(24)17(21)16-22/h17-20,22-25H,2-16H2,1H3/t17-,18+,19-,20-/m0/s1. The topological polar surface area (TPSA) is 93.4 Å². The minimum Gasteiger partial charge on any atom is -0.395 e. The number of likely N-dealkylation sites (tertiary alicyclic amines) is 1. The van der Waals surface area contributed by atoms with E-state index in [0.29, 0.717) is 6.54 Å². The lowest BCUT2D eigenvalue weighted by Crippen LogP contribution is -2.62. The van der Waals surface area contributed by atoms with E-state index < -0.39 is 24.4 Å². The molecule has 1 rings (SSSR count). The van der Waals surface area contributed by atoms with Gasteiger partial charge in [-0.15, -0.1) is 0 Å². The minimum absolute atomic E-state index is 0.216. The Morgan fingerprint density at radius 2 is 1.38 bits per heavy atom. The number of ether oxygens (including phenoxy) is 1. The van der Waals surface area contributed by atoms with E-state index in [0.717, 1.165) is 38.9 Å². The number of hydrogen-bond acceptors (Lipinski definition) is 6. The molecule has 4 atom stereocenters. The molecule has 0 amide bonds. The molecule has 1 aliphatic rings. The van der Waals surface area contributed by atoms with Crippen molar-refractivity contribution in [2.75, 3.05) is 32.9 Å². The van der Waals surface area contributed by atoms with Gasteiger partial charge in [-0.05, 0) is 32.2 Å². The van der Waals surface area contributed by atoms with Crippen molar-refractivity contribution < 1.29 is 25.2 Å². The maximum atomic E-state index is 9.95. The molecule has 1 aliphatic heterocycles. The predicted octanol–water partition coefficient (Wildman–Crippen LogP) is 1.68. The second-order valence-electron chi connectivity index (χ2n) is 7.59. The van der Waals surface area contributed by atoms with E-state index in [-0.39, 0.29) is 13.2 Å². The molecule has 0 aromatic carbocycles. The third-order valence-electron chi connectivity index (χ3n) is 5.34. The van der Waals surface area contributed by atoms with E-state index in [2.05, 4.69) is 6.92 Å². The molecule has 4 N–H and O–H groups in total. The van der Waals surface area contributed by atoms with Gasteiger partial charge in [0.25, 0.3) is 0 Å². The number of aliphatic hydroxyl groups is 4. The maximum Gasteiger partial charge on any atom is 0.109 e. The summed E-state index contributed by atoms with van der Waals surface area (Å²) in [5.74, 6) is 0. The molecule has 1 saturated heterocycles. The Bertz CT molecular complexity index is 331. The van der Waals surface area contributed by atoms with Crippen molar-refractivity contribution in [3.63, 3.8) is 0 Å². The minimum atomic E-state index is -1.18. The highest BCUT2D eigenvalue weighted by Crippen LogP contribution is 2.19. The van der Waals surface area contributed by atoms with Gasteiger partial charge in [-0.3, -0.25) is 4.90 Å². The fraction of sp³-hybridized carbons (Fsp3) is 1.00. The first-order valence-electron chi connectivity index (χ1n) is 10.6. The Morgan fingerprint density at radius 1 is 0.808 bits per heavy atom. The van der Waals surface area contributed by atoms with E-state index in [1.807, 2.05) is 4.90 Å². The van der Waals surface area contributed by atoms with Crippen molar-refractivity contribution in [1.82, 2.24) is 4.90 Å². The van der Waals surface area contributed by atoms with Crippen LogP contribution in [0.2, 0.25) is 0 Å². The van der Waals surface area contributed by atoms with Crippen LogP contribution in [0.15, 0.2) is 0 Å². The number of piperidine rings is 1. The second kappa shape index (κ2) is 14.8. The lowest BCUT2D eigenvalue weighted by atomic mass is 9.94. The first-order chi connectivity index (χ1) is 12.6. The summed E-state index contributed by atoms with van der Waals surface area (Å²) in [5.41, 5.74) is 0. The summed E-state index contributed by atoms with van der Waals surface area (Å²) >= 11 is 0. The van der Waals surface area contributed by atoms with Crippen molar-refractivity contribution in [3.8, 4) is 0 Å². The van der Waals surface area contributed by atoms with Gasteiger partial charge in [-0.2, -0.15) is 0 Å². The van der Waals surface area contributed by atoms with Gasteiger partial charge in [0, 0.05) is 19.8 Å². The Labute approximate surface area is 159 Å². The quantitative estimate of drug-likeness (QED) is 0.326. The van der Waals surface area contributed by atoms with Gasteiger partial charge in [-0.1, -0.05) is 45.4 Å². The van der Waals surface area contributed by atoms with Gasteiger partial charge >= 0.3 is 0 Å². The predicted molar refractivity (Wildman–Crippen MR) is 103 cm³/mol. The molecule has 0 aromatic heterocycles. The van der Waals surface area contributed by atoms with Gasteiger partial charge in [0.2, 0.25) is 0 Å². The number of rotatable bonds is 15. The molecule has 0 bridgehead atoms. The fourth-order valence-electron chi connectivity index (χ4n) is 3.59. The molecule has 0 radical (unpaired) electrons. The SMILES string of the molecule is CCCCCCCCCOCCCCCN1C[C@@H](O)[C@H](O)[C@@H](O)[C@@H]1CO. The number of nitrogens with zero attached hydrogens (tertiary/aromatic N) is 1. The Kier molecular flexibility index (Phi) is 13.5. The van der Waals surface area contributed by atoms with Crippen molar-refractivity contribution in [3.05, 3.63) is 0 Å². The summed E-state index contributed by atoms with van der Waals surface area (Å²) in [5, 5.41) is 38.9. The zero-order valence-electron chi connectivity index (χ0n) is 16.6. The van der Waals surface area contributed by atoms with E-state index in [1.54, 1.807) is 0 Å². The molecule has 1 fully saturated rings. The molecule has 6 heteroatoms. The molecule has 0 aromatic rings. The van der Waals surface area contributed by atoms with Crippen LogP contribution >= 0.6 is 0 Å². The summed E-state index contributed by atoms with van der Waals surface area (Å²) in [6, 6.07) is -0.498. The molecule has 6 nitrogen and oxygen atoms in total. The zero-order chi connectivity index (χ0) is 19.2. The van der Waals surface area contributed by atoms with Gasteiger partial charge < -0.3 is 25.2 Å². The molecule has 0 aliphatic carbocycles. The van der Waals surface area contributed by atoms with Crippen LogP contribution in [0.1, 0.15) is 71.1 Å². The van der Waals surface area contributed by atoms with E-state index >= 15 is 0 Å². The van der Waals surface area contributed by atoms with Crippen LogP contribution in [0.5, 0.6) is 0 Å². The smallest absolute Gasteiger partial charge is 0.109 e. The van der Waals surface area contributed by atoms with Gasteiger partial charge in [0.1, 0.15) is 12.2 Å². The van der Waals surface area contributed by atoms with Crippen LogP contribution in [0.25, 0.3) is 0 Å². The number of aliphatic hydroxyl groups excluding tert-OH is 4. The third-order valence-corrected chi connectivity index (χ3v) is 5.34. The molecular formula is C20H41NO5. The Morgan fingerprint density at radius 3 is 2.00 bits per heavy atom. The van der Waals surface area contributed by atoms with Crippen LogP contribution in [-0.2, 0) is 4.74 Å². The average molecular weight is 376 g/mol. The summed E-state index contributed by atoms with van der Waals surface area (Å²) in [6.07, 6.45) is 8.78. The van der Waals surface area contributed by atoms with Crippen molar-refractivity contribution >= 4 is 0 Å². The number of β-amino-alcohol motifs (C(OH)–C–C–N with tert-alkyl or cyclic N) is 1. The molecule has 156 valence electrons. The van der Waals surface area contributed by atoms with Gasteiger partial charge in [-0.25, -0.2) is 0 Å². The second-order valence-corrected chi connectivity index (χ2v) is 7.59. The highest BCUT2D eigenvalue weighted by Gasteiger charge is 2.40. The van der Waals surface area contributed by atoms with Crippen LogP contribution < -0.4 is 0 Å². The van der Waals surface area contributed by atoms with Crippen LogP contribution in [0.4, 0.5) is 0 Å². The largest absolute Gasteiger partial charge is 0.395 e. The van der Waals surface area contributed by atoms with Gasteiger partial charge in [0.05, 0.1) is 18.8 Å². The number of unbranched alkanes of at least 4 members (excludes halogenated alkanes) is 8. The molecule has 0 unspecified atom stereocenters. The normalized spacial score (nSPS) is 27.1. The third kappa shape index (κ3) is 9.11. The van der Waals surface area contributed by atoms with Crippen LogP contribution in [0.3, 0.4) is 0 Å². The Balaban J connectivity index is 1.97. The summed E-state index contributed by atoms with van der Waals surface area (Å²) in [6.45, 7) is 4.64. The zero-order valence-corrected chi connectivity index (χ0v) is 16.6.